The average Bonchev–Trinajstić information content (AvgIpc) is 2.05. The van der Waals surface area contributed by atoms with E-state index in [2.05, 4.69) is 11.8 Å². The van der Waals surface area contributed by atoms with E-state index in [4.69, 9.17) is 0 Å². The Kier molecular flexibility index (Phi) is 2.18. The van der Waals surface area contributed by atoms with Crippen molar-refractivity contribution in [1.29, 1.82) is 0 Å². The van der Waals surface area contributed by atoms with Crippen molar-refractivity contribution in [3.8, 4) is 0 Å². The van der Waals surface area contributed by atoms with Crippen molar-refractivity contribution in [2.45, 2.75) is 26.2 Å². The maximum atomic E-state index is 11.5. The van der Waals surface area contributed by atoms with E-state index < -0.39 is 0 Å². The first kappa shape index (κ1) is 8.24. The molecule has 3 rings (SSSR count). The fourth-order valence-corrected chi connectivity index (χ4v) is 2.68. The molecule has 0 amide bonds. The molecule has 0 radical (unpaired) electrons. The largest absolute Gasteiger partial charge is 0.298 e. The molecule has 2 nitrogen and oxygen atoms in total. The van der Waals surface area contributed by atoms with E-state index in [1.54, 1.807) is 0 Å². The molecule has 0 spiro atoms. The van der Waals surface area contributed by atoms with E-state index in [1.807, 2.05) is 0 Å². The van der Waals surface area contributed by atoms with Crippen molar-refractivity contribution in [1.82, 2.24) is 4.90 Å². The molecule has 3 atom stereocenters. The highest BCUT2D eigenvalue weighted by Gasteiger charge is 2.39. The third kappa shape index (κ3) is 1.28. The lowest BCUT2D eigenvalue weighted by atomic mass is 9.76. The first-order valence-electron chi connectivity index (χ1n) is 5.06. The molecule has 12 heavy (non-hydrogen) atoms. The van der Waals surface area contributed by atoms with Gasteiger partial charge in [-0.2, -0.15) is 0 Å². The molecule has 0 aromatic rings. The van der Waals surface area contributed by atoms with Gasteiger partial charge in [0.1, 0.15) is 5.78 Å². The summed E-state index contributed by atoms with van der Waals surface area (Å²) in [5.41, 5.74) is 0. The number of nitrogens with zero attached hydrogens (tertiary/aromatic N) is 1. The fourth-order valence-electron chi connectivity index (χ4n) is 2.68. The number of hydrogen-bond acceptors (Lipinski definition) is 2. The number of carbonyl (C=O) groups is 1. The SMILES string of the molecule is CCCC1CN2CCC1C(=O)C2. The second-order valence-corrected chi connectivity index (χ2v) is 4.15. The van der Waals surface area contributed by atoms with Gasteiger partial charge in [0.15, 0.2) is 0 Å². The molecule has 68 valence electrons. The van der Waals surface area contributed by atoms with Crippen LogP contribution in [0.4, 0.5) is 0 Å². The Morgan fingerprint density at radius 1 is 1.58 bits per heavy atom. The van der Waals surface area contributed by atoms with E-state index in [1.165, 1.54) is 19.4 Å². The minimum absolute atomic E-state index is 0.426. The lowest BCUT2D eigenvalue weighted by Gasteiger charge is -2.43. The van der Waals surface area contributed by atoms with Crippen LogP contribution in [0.25, 0.3) is 0 Å². The van der Waals surface area contributed by atoms with E-state index in [-0.39, 0.29) is 0 Å². The van der Waals surface area contributed by atoms with Crippen LogP contribution in [0.1, 0.15) is 26.2 Å². The van der Waals surface area contributed by atoms with Gasteiger partial charge < -0.3 is 0 Å². The Morgan fingerprint density at radius 3 is 3.00 bits per heavy atom. The highest BCUT2D eigenvalue weighted by atomic mass is 16.1. The Labute approximate surface area is 73.9 Å². The highest BCUT2D eigenvalue weighted by molar-refractivity contribution is 5.84. The second kappa shape index (κ2) is 3.17. The summed E-state index contributed by atoms with van der Waals surface area (Å²) in [5.74, 6) is 1.62. The summed E-state index contributed by atoms with van der Waals surface area (Å²) < 4.78 is 0. The lowest BCUT2D eigenvalue weighted by Crippen LogP contribution is -2.53. The first-order valence-corrected chi connectivity index (χ1v) is 5.06. The summed E-state index contributed by atoms with van der Waals surface area (Å²) in [7, 11) is 0. The minimum atomic E-state index is 0.426. The molecule has 2 heteroatoms. The second-order valence-electron chi connectivity index (χ2n) is 4.15. The van der Waals surface area contributed by atoms with Gasteiger partial charge in [0, 0.05) is 12.5 Å². The quantitative estimate of drug-likeness (QED) is 0.618. The van der Waals surface area contributed by atoms with E-state index in [9.17, 15) is 4.79 Å². The predicted molar refractivity (Wildman–Crippen MR) is 48.0 cm³/mol. The van der Waals surface area contributed by atoms with Crippen molar-refractivity contribution in [3.63, 3.8) is 0 Å². The number of ketones is 1. The van der Waals surface area contributed by atoms with Gasteiger partial charge in [-0.25, -0.2) is 0 Å². The summed E-state index contributed by atoms with van der Waals surface area (Å²) in [4.78, 5) is 13.8. The Bertz CT molecular complexity index is 190. The van der Waals surface area contributed by atoms with Gasteiger partial charge in [-0.3, -0.25) is 9.69 Å². The van der Waals surface area contributed by atoms with Gasteiger partial charge in [-0.1, -0.05) is 13.3 Å². The van der Waals surface area contributed by atoms with Gasteiger partial charge in [0.05, 0.1) is 6.54 Å². The number of hydrogen-bond donors (Lipinski definition) is 0. The van der Waals surface area contributed by atoms with Crippen LogP contribution in [0.15, 0.2) is 0 Å². The Balaban J connectivity index is 2.04. The topological polar surface area (TPSA) is 20.3 Å². The van der Waals surface area contributed by atoms with E-state index in [0.717, 1.165) is 19.5 Å². The first-order chi connectivity index (χ1) is 5.81. The molecular weight excluding hydrogens is 150 g/mol. The zero-order valence-electron chi connectivity index (χ0n) is 7.75. The van der Waals surface area contributed by atoms with Crippen LogP contribution in [0, 0.1) is 11.8 Å². The summed E-state index contributed by atoms with van der Waals surface area (Å²) in [6.45, 7) is 5.30. The number of fused-ring (bicyclic) bond motifs is 3. The molecule has 3 fully saturated rings. The summed E-state index contributed by atoms with van der Waals surface area (Å²) in [6, 6.07) is 0. The number of rotatable bonds is 2. The third-order valence-corrected chi connectivity index (χ3v) is 3.27. The van der Waals surface area contributed by atoms with Crippen molar-refractivity contribution in [2.75, 3.05) is 19.6 Å². The molecule has 3 saturated heterocycles. The van der Waals surface area contributed by atoms with Crippen molar-refractivity contribution >= 4 is 5.78 Å². The van der Waals surface area contributed by atoms with Crippen molar-refractivity contribution in [3.05, 3.63) is 0 Å². The zero-order chi connectivity index (χ0) is 8.55. The maximum absolute atomic E-state index is 11.5. The van der Waals surface area contributed by atoms with Gasteiger partial charge in [0.25, 0.3) is 0 Å². The van der Waals surface area contributed by atoms with Gasteiger partial charge in [-0.05, 0) is 25.3 Å². The average molecular weight is 167 g/mol. The molecule has 0 aromatic carbocycles. The monoisotopic (exact) mass is 167 g/mol. The standard InChI is InChI=1S/C10H17NO/c1-2-3-8-6-11-5-4-9(8)10(12)7-11/h8-9H,2-7H2,1H3. The summed E-state index contributed by atoms with van der Waals surface area (Å²) in [6.07, 6.45) is 3.60. The summed E-state index contributed by atoms with van der Waals surface area (Å²) in [5, 5.41) is 0. The molecular formula is C10H17NO. The number of carbonyl (C=O) groups excluding carboxylic acids is 1. The van der Waals surface area contributed by atoms with Crippen molar-refractivity contribution < 1.29 is 4.79 Å². The van der Waals surface area contributed by atoms with E-state index in [0.29, 0.717) is 17.6 Å². The smallest absolute Gasteiger partial charge is 0.150 e. The van der Waals surface area contributed by atoms with Crippen LogP contribution in [0.2, 0.25) is 0 Å². The molecule has 3 aliphatic heterocycles. The molecule has 0 saturated carbocycles. The molecule has 0 N–H and O–H groups in total. The number of piperidine rings is 3. The fraction of sp³-hybridized carbons (Fsp3) is 0.900. The molecule has 0 aliphatic carbocycles. The predicted octanol–water partition coefficient (Wildman–Crippen LogP) is 1.31. The van der Waals surface area contributed by atoms with Gasteiger partial charge >= 0.3 is 0 Å². The van der Waals surface area contributed by atoms with Gasteiger partial charge in [0.2, 0.25) is 0 Å². The van der Waals surface area contributed by atoms with Crippen LogP contribution in [0.3, 0.4) is 0 Å². The summed E-state index contributed by atoms with van der Waals surface area (Å²) >= 11 is 0. The van der Waals surface area contributed by atoms with E-state index >= 15 is 0 Å². The molecule has 2 bridgehead atoms. The maximum Gasteiger partial charge on any atom is 0.150 e. The van der Waals surface area contributed by atoms with Crippen molar-refractivity contribution in [2.24, 2.45) is 11.8 Å². The molecule has 0 aromatic heterocycles. The minimum Gasteiger partial charge on any atom is -0.298 e. The molecule has 3 heterocycles. The van der Waals surface area contributed by atoms with Gasteiger partial charge in [-0.15, -0.1) is 0 Å². The molecule has 3 unspecified atom stereocenters. The number of Topliss-reactive ketones (excluding diaryl/α,β-unsaturated/α-hetero) is 1. The van der Waals surface area contributed by atoms with Crippen LogP contribution >= 0.6 is 0 Å². The molecule has 3 aliphatic rings. The Morgan fingerprint density at radius 2 is 2.42 bits per heavy atom. The van der Waals surface area contributed by atoms with Crippen LogP contribution in [0.5, 0.6) is 0 Å². The van der Waals surface area contributed by atoms with Crippen LogP contribution in [-0.2, 0) is 4.79 Å². The highest BCUT2D eigenvalue weighted by Crippen LogP contribution is 2.32. The van der Waals surface area contributed by atoms with Crippen LogP contribution < -0.4 is 0 Å². The Hall–Kier alpha value is -0.370. The van der Waals surface area contributed by atoms with Crippen LogP contribution in [-0.4, -0.2) is 30.3 Å². The lowest BCUT2D eigenvalue weighted by molar-refractivity contribution is -0.134. The third-order valence-electron chi connectivity index (χ3n) is 3.27. The zero-order valence-corrected chi connectivity index (χ0v) is 7.75. The normalized spacial score (nSPS) is 40.4.